The first-order valence-electron chi connectivity index (χ1n) is 6.36. The number of nitrogens with one attached hydrogen (secondary N) is 1. The third kappa shape index (κ3) is 2.37. The molecule has 1 aromatic carbocycles. The van der Waals surface area contributed by atoms with Crippen molar-refractivity contribution in [1.82, 2.24) is 5.32 Å². The maximum absolute atomic E-state index is 12.4. The molecule has 6 heteroatoms. The van der Waals surface area contributed by atoms with E-state index in [0.29, 0.717) is 28.8 Å². The van der Waals surface area contributed by atoms with Gasteiger partial charge >= 0.3 is 0 Å². The van der Waals surface area contributed by atoms with E-state index >= 15 is 0 Å². The number of hydrogen-bond donors (Lipinski definition) is 2. The summed E-state index contributed by atoms with van der Waals surface area (Å²) >= 11 is 7.33. The molecule has 2 heterocycles. The van der Waals surface area contributed by atoms with E-state index in [9.17, 15) is 4.79 Å². The summed E-state index contributed by atoms with van der Waals surface area (Å²) in [4.78, 5) is 12.9. The minimum absolute atomic E-state index is 0.146. The maximum Gasteiger partial charge on any atom is 0.264 e. The van der Waals surface area contributed by atoms with Gasteiger partial charge in [-0.1, -0.05) is 11.6 Å². The second-order valence-corrected chi connectivity index (χ2v) is 6.79. The highest BCUT2D eigenvalue weighted by Gasteiger charge is 2.32. The highest BCUT2D eigenvalue weighted by molar-refractivity contribution is 7.21. The Balaban J connectivity index is 1.93. The van der Waals surface area contributed by atoms with Gasteiger partial charge in [-0.15, -0.1) is 11.3 Å². The van der Waals surface area contributed by atoms with Gasteiger partial charge in [0.25, 0.3) is 5.91 Å². The van der Waals surface area contributed by atoms with Crippen molar-refractivity contribution < 1.29 is 9.53 Å². The number of nitrogens with two attached hydrogens (primary N) is 1. The van der Waals surface area contributed by atoms with Crippen LogP contribution in [-0.2, 0) is 4.74 Å². The van der Waals surface area contributed by atoms with Crippen LogP contribution in [0.4, 0.5) is 5.69 Å². The first-order valence-corrected chi connectivity index (χ1v) is 7.56. The molecular weight excluding hydrogens is 296 g/mol. The van der Waals surface area contributed by atoms with E-state index in [1.54, 1.807) is 6.07 Å². The minimum atomic E-state index is -0.308. The second kappa shape index (κ2) is 4.91. The van der Waals surface area contributed by atoms with Gasteiger partial charge in [0.2, 0.25) is 0 Å². The highest BCUT2D eigenvalue weighted by Crippen LogP contribution is 2.35. The Morgan fingerprint density at radius 3 is 3.05 bits per heavy atom. The topological polar surface area (TPSA) is 64.4 Å². The van der Waals surface area contributed by atoms with Crippen LogP contribution in [0.25, 0.3) is 10.1 Å². The number of carbonyl (C=O) groups is 1. The number of rotatable bonds is 2. The Hall–Kier alpha value is -1.30. The molecule has 1 aromatic heterocycles. The number of halogens is 1. The molecular formula is C14H15ClN2O2S. The lowest BCUT2D eigenvalue weighted by atomic mass is 10.0. The van der Waals surface area contributed by atoms with Gasteiger partial charge in [0, 0.05) is 21.7 Å². The summed E-state index contributed by atoms with van der Waals surface area (Å²) in [5.41, 5.74) is 6.29. The summed E-state index contributed by atoms with van der Waals surface area (Å²) in [5, 5.41) is 4.53. The van der Waals surface area contributed by atoms with Crippen LogP contribution in [-0.4, -0.2) is 24.7 Å². The van der Waals surface area contributed by atoms with Gasteiger partial charge in [-0.2, -0.15) is 0 Å². The monoisotopic (exact) mass is 310 g/mol. The molecule has 1 atom stereocenters. The van der Waals surface area contributed by atoms with E-state index in [-0.39, 0.29) is 11.4 Å². The normalized spacial score (nSPS) is 22.3. The van der Waals surface area contributed by atoms with Gasteiger partial charge in [-0.3, -0.25) is 4.79 Å². The Kier molecular flexibility index (Phi) is 3.36. The van der Waals surface area contributed by atoms with Crippen LogP contribution in [0, 0.1) is 0 Å². The quantitative estimate of drug-likeness (QED) is 0.896. The average Bonchev–Trinajstić information content (AvgIpc) is 2.94. The van der Waals surface area contributed by atoms with Crippen molar-refractivity contribution in [3.05, 3.63) is 28.1 Å². The smallest absolute Gasteiger partial charge is 0.264 e. The van der Waals surface area contributed by atoms with Crippen LogP contribution in [0.15, 0.2) is 18.2 Å². The second-order valence-electron chi connectivity index (χ2n) is 5.30. The summed E-state index contributed by atoms with van der Waals surface area (Å²) in [5.74, 6) is -0.146. The summed E-state index contributed by atoms with van der Waals surface area (Å²) in [7, 11) is 0. The van der Waals surface area contributed by atoms with E-state index in [4.69, 9.17) is 22.1 Å². The number of hydrogen-bond acceptors (Lipinski definition) is 4. The predicted molar refractivity (Wildman–Crippen MR) is 82.6 cm³/mol. The minimum Gasteiger partial charge on any atom is -0.397 e. The molecule has 1 amide bonds. The number of carbonyl (C=O) groups excluding carboxylic acids is 1. The largest absolute Gasteiger partial charge is 0.397 e. The summed E-state index contributed by atoms with van der Waals surface area (Å²) in [6.45, 7) is 3.20. The van der Waals surface area contributed by atoms with E-state index < -0.39 is 0 Å². The molecule has 0 bridgehead atoms. The molecule has 1 aliphatic rings. The predicted octanol–water partition coefficient (Wildman–Crippen LogP) is 3.05. The van der Waals surface area contributed by atoms with E-state index in [2.05, 4.69) is 5.32 Å². The molecule has 1 unspecified atom stereocenters. The zero-order valence-electron chi connectivity index (χ0n) is 11.0. The number of amides is 1. The van der Waals surface area contributed by atoms with Crippen molar-refractivity contribution in [3.8, 4) is 0 Å². The lowest BCUT2D eigenvalue weighted by Gasteiger charge is -2.23. The lowest BCUT2D eigenvalue weighted by Crippen LogP contribution is -2.46. The lowest BCUT2D eigenvalue weighted by molar-refractivity contribution is 0.0895. The summed E-state index contributed by atoms with van der Waals surface area (Å²) in [6, 6.07) is 5.45. The number of anilines is 1. The van der Waals surface area contributed by atoms with Crippen molar-refractivity contribution in [2.45, 2.75) is 18.9 Å². The molecule has 3 rings (SSSR count). The van der Waals surface area contributed by atoms with Gasteiger partial charge in [0.05, 0.1) is 17.8 Å². The fourth-order valence-corrected chi connectivity index (χ4v) is 3.65. The molecule has 20 heavy (non-hydrogen) atoms. The van der Waals surface area contributed by atoms with Crippen LogP contribution >= 0.6 is 22.9 Å². The molecule has 1 aliphatic heterocycles. The van der Waals surface area contributed by atoms with Crippen LogP contribution < -0.4 is 11.1 Å². The zero-order chi connectivity index (χ0) is 14.3. The Morgan fingerprint density at radius 1 is 1.55 bits per heavy atom. The fourth-order valence-electron chi connectivity index (χ4n) is 2.36. The van der Waals surface area contributed by atoms with Gasteiger partial charge in [-0.25, -0.2) is 0 Å². The van der Waals surface area contributed by atoms with Crippen LogP contribution in [0.3, 0.4) is 0 Å². The van der Waals surface area contributed by atoms with E-state index in [1.807, 2.05) is 19.1 Å². The van der Waals surface area contributed by atoms with Crippen molar-refractivity contribution >= 4 is 44.6 Å². The summed E-state index contributed by atoms with van der Waals surface area (Å²) in [6.07, 6.45) is 0.815. The summed E-state index contributed by atoms with van der Waals surface area (Å²) < 4.78 is 6.27. The third-order valence-corrected chi connectivity index (χ3v) is 4.93. The van der Waals surface area contributed by atoms with E-state index in [1.165, 1.54) is 11.3 Å². The fraction of sp³-hybridized carbons (Fsp3) is 0.357. The van der Waals surface area contributed by atoms with Gasteiger partial charge in [0.15, 0.2) is 0 Å². The van der Waals surface area contributed by atoms with Crippen LogP contribution in [0.2, 0.25) is 5.02 Å². The van der Waals surface area contributed by atoms with Crippen molar-refractivity contribution in [3.63, 3.8) is 0 Å². The molecule has 0 aliphatic carbocycles. The average molecular weight is 311 g/mol. The Morgan fingerprint density at radius 2 is 2.35 bits per heavy atom. The molecule has 1 fully saturated rings. The van der Waals surface area contributed by atoms with Crippen molar-refractivity contribution in [2.75, 3.05) is 18.9 Å². The molecule has 0 saturated carbocycles. The van der Waals surface area contributed by atoms with Gasteiger partial charge in [0.1, 0.15) is 4.88 Å². The maximum atomic E-state index is 12.4. The van der Waals surface area contributed by atoms with Gasteiger partial charge in [-0.05, 0) is 31.5 Å². The first kappa shape index (κ1) is 13.7. The number of thiophene rings is 1. The van der Waals surface area contributed by atoms with Gasteiger partial charge < -0.3 is 15.8 Å². The van der Waals surface area contributed by atoms with E-state index in [0.717, 1.165) is 16.5 Å². The first-order chi connectivity index (χ1) is 9.48. The number of nitrogen functional groups attached to an aromatic ring is 1. The molecule has 0 radical (unpaired) electrons. The van der Waals surface area contributed by atoms with Crippen molar-refractivity contribution in [1.29, 1.82) is 0 Å². The van der Waals surface area contributed by atoms with Crippen molar-refractivity contribution in [2.24, 2.45) is 0 Å². The Bertz CT molecular complexity index is 677. The number of fused-ring (bicyclic) bond motifs is 1. The van der Waals surface area contributed by atoms with Crippen LogP contribution in [0.1, 0.15) is 23.0 Å². The highest BCUT2D eigenvalue weighted by atomic mass is 35.5. The van der Waals surface area contributed by atoms with Crippen LogP contribution in [0.5, 0.6) is 0 Å². The Labute approximate surface area is 125 Å². The molecule has 0 spiro atoms. The zero-order valence-corrected chi connectivity index (χ0v) is 12.6. The molecule has 3 N–H and O–H groups in total. The number of benzene rings is 1. The third-order valence-electron chi connectivity index (χ3n) is 3.53. The molecule has 1 saturated heterocycles. The molecule has 2 aromatic rings. The molecule has 4 nitrogen and oxygen atoms in total. The number of ether oxygens (including phenoxy) is 1. The SMILES string of the molecule is CC1(NC(=O)c2sc3cc(Cl)ccc3c2N)CCOC1. The standard InChI is InChI=1S/C14H15ClN2O2S/c1-14(4-5-19-7-14)17-13(18)12-11(16)9-3-2-8(15)6-10(9)20-12/h2-3,6H,4-5,7,16H2,1H3,(H,17,18). The molecule has 106 valence electrons.